The van der Waals surface area contributed by atoms with Gasteiger partial charge in [0.05, 0.1) is 6.10 Å². The second kappa shape index (κ2) is 4.53. The minimum Gasteiger partial charge on any atom is -0.392 e. The Morgan fingerprint density at radius 2 is 2.50 bits per heavy atom. The summed E-state index contributed by atoms with van der Waals surface area (Å²) in [6.07, 6.45) is 5.58. The lowest BCUT2D eigenvalue weighted by Crippen LogP contribution is -2.37. The van der Waals surface area contributed by atoms with E-state index < -0.39 is 0 Å². The molecule has 14 heavy (non-hydrogen) atoms. The molecule has 1 atom stereocenters. The van der Waals surface area contributed by atoms with Crippen molar-refractivity contribution in [3.8, 4) is 0 Å². The number of nitrogens with zero attached hydrogens (tertiary/aromatic N) is 2. The number of aromatic nitrogens is 1. The highest BCUT2D eigenvalue weighted by atomic mass is 16.3. The molecule has 0 saturated carbocycles. The van der Waals surface area contributed by atoms with Crippen LogP contribution in [-0.4, -0.2) is 34.2 Å². The molecular weight excluding hydrogens is 176 g/mol. The van der Waals surface area contributed by atoms with Crippen LogP contribution in [0.5, 0.6) is 0 Å². The maximum atomic E-state index is 9.50. The summed E-state index contributed by atoms with van der Waals surface area (Å²) in [6.45, 7) is 2.80. The Hall–Kier alpha value is -0.930. The molecule has 0 radical (unpaired) electrons. The highest BCUT2D eigenvalue weighted by Crippen LogP contribution is 2.12. The van der Waals surface area contributed by atoms with E-state index in [0.29, 0.717) is 0 Å². The number of piperidine rings is 1. The van der Waals surface area contributed by atoms with Crippen LogP contribution in [-0.2, 0) is 6.54 Å². The molecular formula is C11H16N2O. The molecule has 2 rings (SSSR count). The van der Waals surface area contributed by atoms with E-state index in [9.17, 15) is 5.11 Å². The number of hydrogen-bond acceptors (Lipinski definition) is 3. The van der Waals surface area contributed by atoms with Crippen LogP contribution in [0.4, 0.5) is 0 Å². The molecule has 76 valence electrons. The molecule has 0 amide bonds. The van der Waals surface area contributed by atoms with Crippen LogP contribution in [0.2, 0.25) is 0 Å². The zero-order chi connectivity index (χ0) is 9.80. The summed E-state index contributed by atoms with van der Waals surface area (Å²) < 4.78 is 0. The summed E-state index contributed by atoms with van der Waals surface area (Å²) >= 11 is 0. The lowest BCUT2D eigenvalue weighted by molar-refractivity contribution is 0.0668. The Labute approximate surface area is 84.4 Å². The molecule has 0 aromatic carbocycles. The Morgan fingerprint density at radius 3 is 3.21 bits per heavy atom. The number of hydrogen-bond donors (Lipinski definition) is 1. The molecule has 0 bridgehead atoms. The van der Waals surface area contributed by atoms with Crippen LogP contribution in [0.3, 0.4) is 0 Å². The van der Waals surface area contributed by atoms with Crippen molar-refractivity contribution in [2.45, 2.75) is 25.5 Å². The van der Waals surface area contributed by atoms with Gasteiger partial charge >= 0.3 is 0 Å². The second-order valence-electron chi connectivity index (χ2n) is 3.89. The lowest BCUT2D eigenvalue weighted by atomic mass is 10.1. The van der Waals surface area contributed by atoms with Crippen molar-refractivity contribution in [3.63, 3.8) is 0 Å². The summed E-state index contributed by atoms with van der Waals surface area (Å²) in [5, 5.41) is 9.50. The van der Waals surface area contributed by atoms with Gasteiger partial charge in [0.1, 0.15) is 0 Å². The molecule has 1 aromatic rings. The summed E-state index contributed by atoms with van der Waals surface area (Å²) in [7, 11) is 0. The van der Waals surface area contributed by atoms with E-state index in [4.69, 9.17) is 0 Å². The fourth-order valence-electron chi connectivity index (χ4n) is 1.92. The fraction of sp³-hybridized carbons (Fsp3) is 0.545. The lowest BCUT2D eigenvalue weighted by Gasteiger charge is -2.29. The third-order valence-corrected chi connectivity index (χ3v) is 2.61. The van der Waals surface area contributed by atoms with Crippen LogP contribution in [0.15, 0.2) is 24.5 Å². The predicted molar refractivity (Wildman–Crippen MR) is 54.8 cm³/mol. The van der Waals surface area contributed by atoms with Crippen LogP contribution in [0, 0.1) is 0 Å². The zero-order valence-corrected chi connectivity index (χ0v) is 8.26. The molecule has 0 aliphatic carbocycles. The summed E-state index contributed by atoms with van der Waals surface area (Å²) in [6, 6.07) is 4.03. The predicted octanol–water partition coefficient (Wildman–Crippen LogP) is 1.04. The third kappa shape index (κ3) is 2.53. The van der Waals surface area contributed by atoms with Gasteiger partial charge in [0.15, 0.2) is 0 Å². The van der Waals surface area contributed by atoms with E-state index in [1.807, 2.05) is 12.3 Å². The quantitative estimate of drug-likeness (QED) is 0.760. The van der Waals surface area contributed by atoms with E-state index >= 15 is 0 Å². The van der Waals surface area contributed by atoms with E-state index in [1.54, 1.807) is 6.20 Å². The second-order valence-corrected chi connectivity index (χ2v) is 3.89. The highest BCUT2D eigenvalue weighted by molar-refractivity contribution is 5.08. The maximum Gasteiger partial charge on any atom is 0.0667 e. The molecule has 1 aliphatic rings. The van der Waals surface area contributed by atoms with Gasteiger partial charge in [0.25, 0.3) is 0 Å². The van der Waals surface area contributed by atoms with Gasteiger partial charge in [0.2, 0.25) is 0 Å². The average molecular weight is 192 g/mol. The Bertz CT molecular complexity index is 276. The van der Waals surface area contributed by atoms with E-state index in [0.717, 1.165) is 32.5 Å². The molecule has 1 N–H and O–H groups in total. The van der Waals surface area contributed by atoms with Crippen LogP contribution < -0.4 is 0 Å². The van der Waals surface area contributed by atoms with Crippen LogP contribution in [0.25, 0.3) is 0 Å². The first-order valence-corrected chi connectivity index (χ1v) is 5.14. The van der Waals surface area contributed by atoms with E-state index in [1.165, 1.54) is 5.56 Å². The molecule has 1 aliphatic heterocycles. The molecule has 1 unspecified atom stereocenters. The van der Waals surface area contributed by atoms with Gasteiger partial charge in [-0.25, -0.2) is 0 Å². The number of aliphatic hydroxyl groups is 1. The summed E-state index contributed by atoms with van der Waals surface area (Å²) in [5.41, 5.74) is 1.22. The average Bonchev–Trinajstić information content (AvgIpc) is 2.19. The van der Waals surface area contributed by atoms with Crippen LogP contribution in [0.1, 0.15) is 18.4 Å². The van der Waals surface area contributed by atoms with Gasteiger partial charge in [-0.05, 0) is 31.0 Å². The minimum atomic E-state index is -0.138. The Balaban J connectivity index is 1.91. The molecule has 1 saturated heterocycles. The smallest absolute Gasteiger partial charge is 0.0667 e. The Morgan fingerprint density at radius 1 is 1.57 bits per heavy atom. The first-order chi connectivity index (χ1) is 6.84. The van der Waals surface area contributed by atoms with Gasteiger partial charge in [-0.1, -0.05) is 6.07 Å². The summed E-state index contributed by atoms with van der Waals surface area (Å²) in [4.78, 5) is 6.36. The maximum absolute atomic E-state index is 9.50. The van der Waals surface area contributed by atoms with Crippen molar-refractivity contribution in [3.05, 3.63) is 30.1 Å². The topological polar surface area (TPSA) is 36.4 Å². The molecule has 3 heteroatoms. The van der Waals surface area contributed by atoms with Crippen molar-refractivity contribution in [2.24, 2.45) is 0 Å². The first kappa shape index (κ1) is 9.62. The normalized spacial score (nSPS) is 23.6. The van der Waals surface area contributed by atoms with Gasteiger partial charge in [-0.15, -0.1) is 0 Å². The number of rotatable bonds is 2. The SMILES string of the molecule is OC1CCCN(Cc2cccnc2)C1. The van der Waals surface area contributed by atoms with Gasteiger partial charge in [0, 0.05) is 25.5 Å². The van der Waals surface area contributed by atoms with Crippen molar-refractivity contribution in [2.75, 3.05) is 13.1 Å². The number of β-amino-alcohol motifs (C(OH)–C–C–N with tert-alkyl or cyclic N) is 1. The standard InChI is InChI=1S/C11H16N2O/c14-11-4-2-6-13(9-11)8-10-3-1-5-12-7-10/h1,3,5,7,11,14H,2,4,6,8-9H2. The van der Waals surface area contributed by atoms with Crippen molar-refractivity contribution >= 4 is 0 Å². The molecule has 2 heterocycles. The van der Waals surface area contributed by atoms with Crippen LogP contribution >= 0.6 is 0 Å². The van der Waals surface area contributed by atoms with E-state index in [-0.39, 0.29) is 6.10 Å². The monoisotopic (exact) mass is 192 g/mol. The molecule has 0 spiro atoms. The highest BCUT2D eigenvalue weighted by Gasteiger charge is 2.17. The summed E-state index contributed by atoms with van der Waals surface area (Å²) in [5.74, 6) is 0. The fourth-order valence-corrected chi connectivity index (χ4v) is 1.92. The van der Waals surface area contributed by atoms with Gasteiger partial charge in [-0.2, -0.15) is 0 Å². The number of likely N-dealkylation sites (tertiary alicyclic amines) is 1. The first-order valence-electron chi connectivity index (χ1n) is 5.14. The largest absolute Gasteiger partial charge is 0.392 e. The Kier molecular flexibility index (Phi) is 3.11. The molecule has 1 fully saturated rings. The zero-order valence-electron chi connectivity index (χ0n) is 8.26. The van der Waals surface area contributed by atoms with Crippen molar-refractivity contribution in [1.29, 1.82) is 0 Å². The molecule has 1 aromatic heterocycles. The number of pyridine rings is 1. The van der Waals surface area contributed by atoms with Crippen molar-refractivity contribution in [1.82, 2.24) is 9.88 Å². The van der Waals surface area contributed by atoms with E-state index in [2.05, 4.69) is 16.0 Å². The van der Waals surface area contributed by atoms with Crippen molar-refractivity contribution < 1.29 is 5.11 Å². The minimum absolute atomic E-state index is 0.138. The number of aliphatic hydroxyl groups excluding tert-OH is 1. The van der Waals surface area contributed by atoms with Gasteiger partial charge in [-0.3, -0.25) is 9.88 Å². The molecule has 3 nitrogen and oxygen atoms in total. The van der Waals surface area contributed by atoms with Gasteiger partial charge < -0.3 is 5.11 Å². The third-order valence-electron chi connectivity index (χ3n) is 2.61.